The van der Waals surface area contributed by atoms with E-state index in [-0.39, 0.29) is 42.3 Å². The van der Waals surface area contributed by atoms with Crippen LogP contribution in [0.5, 0.6) is 0 Å². The van der Waals surface area contributed by atoms with Crippen LogP contribution in [-0.2, 0) is 26.0 Å². The van der Waals surface area contributed by atoms with Gasteiger partial charge in [0, 0.05) is 24.9 Å². The van der Waals surface area contributed by atoms with E-state index in [0.29, 0.717) is 46.2 Å². The van der Waals surface area contributed by atoms with Gasteiger partial charge in [0.15, 0.2) is 9.84 Å². The fourth-order valence-corrected chi connectivity index (χ4v) is 8.09. The highest BCUT2D eigenvalue weighted by Gasteiger charge is 2.38. The van der Waals surface area contributed by atoms with E-state index < -0.39 is 9.84 Å². The summed E-state index contributed by atoms with van der Waals surface area (Å²) in [6, 6.07) is 11.4. The third-order valence-corrected chi connectivity index (χ3v) is 10.6. The van der Waals surface area contributed by atoms with E-state index in [9.17, 15) is 18.0 Å². The standard InChI is InChI=1S/C28H32N2O5S3/c1-18-5-7-20(8-6-18)15-25-27(32)29(28(36)37-25)12-3-4-26(31)30(21-11-13-38(33,34)17-21)16-22-9-10-24(35-22)23-14-19(23)2/h5-10,15,19,21,23H,3-4,11-14,16-17H2,1-2H3/b25-15-. The molecule has 10 heteroatoms. The third kappa shape index (κ3) is 6.24. The summed E-state index contributed by atoms with van der Waals surface area (Å²) in [5.41, 5.74) is 2.08. The second-order valence-corrected chi connectivity index (χ2v) is 14.5. The molecule has 3 unspecified atom stereocenters. The van der Waals surface area contributed by atoms with Gasteiger partial charge in [0.1, 0.15) is 15.8 Å². The molecule has 0 radical (unpaired) electrons. The molecule has 7 nitrogen and oxygen atoms in total. The summed E-state index contributed by atoms with van der Waals surface area (Å²) in [7, 11) is -3.16. The highest BCUT2D eigenvalue weighted by molar-refractivity contribution is 8.26. The zero-order valence-corrected chi connectivity index (χ0v) is 24.0. The van der Waals surface area contributed by atoms with Gasteiger partial charge in [0.2, 0.25) is 5.91 Å². The van der Waals surface area contributed by atoms with Crippen LogP contribution < -0.4 is 0 Å². The molecule has 3 heterocycles. The van der Waals surface area contributed by atoms with E-state index in [4.69, 9.17) is 16.6 Å². The van der Waals surface area contributed by atoms with Crippen LogP contribution in [0, 0.1) is 12.8 Å². The monoisotopic (exact) mass is 572 g/mol. The first kappa shape index (κ1) is 27.1. The maximum absolute atomic E-state index is 13.4. The second-order valence-electron chi connectivity index (χ2n) is 10.5. The highest BCUT2D eigenvalue weighted by Crippen LogP contribution is 2.47. The molecule has 0 spiro atoms. The molecule has 202 valence electrons. The smallest absolute Gasteiger partial charge is 0.266 e. The Bertz CT molecular complexity index is 1380. The Morgan fingerprint density at radius 2 is 1.97 bits per heavy atom. The van der Waals surface area contributed by atoms with Crippen molar-refractivity contribution in [2.24, 2.45) is 5.92 Å². The van der Waals surface area contributed by atoms with Crippen molar-refractivity contribution in [1.29, 1.82) is 0 Å². The quantitative estimate of drug-likeness (QED) is 0.312. The van der Waals surface area contributed by atoms with Crippen molar-refractivity contribution in [2.45, 2.75) is 58.0 Å². The zero-order chi connectivity index (χ0) is 27.0. The van der Waals surface area contributed by atoms with Gasteiger partial charge in [0.05, 0.1) is 23.0 Å². The lowest BCUT2D eigenvalue weighted by Crippen LogP contribution is -2.41. The number of sulfone groups is 1. The lowest BCUT2D eigenvalue weighted by atomic mass is 10.1. The minimum atomic E-state index is -3.16. The summed E-state index contributed by atoms with van der Waals surface area (Å²) >= 11 is 6.72. The molecule has 2 aromatic rings. The molecule has 3 aliphatic rings. The number of aryl methyl sites for hydroxylation is 1. The Morgan fingerprint density at radius 1 is 1.24 bits per heavy atom. The molecule has 2 aliphatic heterocycles. The van der Waals surface area contributed by atoms with E-state index in [1.807, 2.05) is 49.4 Å². The van der Waals surface area contributed by atoms with E-state index in [1.165, 1.54) is 11.8 Å². The number of benzene rings is 1. The van der Waals surface area contributed by atoms with Gasteiger partial charge in [-0.2, -0.15) is 0 Å². The topological polar surface area (TPSA) is 87.9 Å². The molecule has 38 heavy (non-hydrogen) atoms. The Hall–Kier alpha value is -2.43. The fourth-order valence-electron chi connectivity index (χ4n) is 5.05. The van der Waals surface area contributed by atoms with Crippen LogP contribution in [0.25, 0.3) is 6.08 Å². The van der Waals surface area contributed by atoms with Gasteiger partial charge in [-0.1, -0.05) is 60.7 Å². The lowest BCUT2D eigenvalue weighted by molar-refractivity contribution is -0.134. The van der Waals surface area contributed by atoms with E-state index >= 15 is 0 Å². The first-order chi connectivity index (χ1) is 18.1. The average Bonchev–Trinajstić information content (AvgIpc) is 3.15. The number of thiocarbonyl (C=S) groups is 1. The van der Waals surface area contributed by atoms with E-state index in [2.05, 4.69) is 6.92 Å². The number of hydrogen-bond donors (Lipinski definition) is 0. The van der Waals surface area contributed by atoms with Crippen molar-refractivity contribution < 1.29 is 22.4 Å². The molecule has 5 rings (SSSR count). The Labute approximate surface area is 233 Å². The van der Waals surface area contributed by atoms with Crippen LogP contribution in [-0.4, -0.2) is 58.4 Å². The van der Waals surface area contributed by atoms with Gasteiger partial charge in [-0.15, -0.1) is 0 Å². The number of hydrogen-bond acceptors (Lipinski definition) is 7. The van der Waals surface area contributed by atoms with Crippen molar-refractivity contribution in [3.8, 4) is 0 Å². The number of furan rings is 1. The molecule has 1 aromatic carbocycles. The molecule has 1 aliphatic carbocycles. The number of thioether (sulfide) groups is 1. The van der Waals surface area contributed by atoms with Crippen LogP contribution in [0.15, 0.2) is 45.7 Å². The third-order valence-electron chi connectivity index (χ3n) is 7.47. The summed E-state index contributed by atoms with van der Waals surface area (Å²) < 4.78 is 30.9. The number of amides is 2. The largest absolute Gasteiger partial charge is 0.464 e. The number of carbonyl (C=O) groups is 2. The number of carbonyl (C=O) groups excluding carboxylic acids is 2. The first-order valence-electron chi connectivity index (χ1n) is 13.0. The highest BCUT2D eigenvalue weighted by atomic mass is 32.2. The van der Waals surface area contributed by atoms with Gasteiger partial charge in [-0.3, -0.25) is 14.5 Å². The van der Waals surface area contributed by atoms with Crippen molar-refractivity contribution in [3.05, 3.63) is 64.0 Å². The van der Waals surface area contributed by atoms with Crippen molar-refractivity contribution >= 4 is 56.0 Å². The minimum Gasteiger partial charge on any atom is -0.464 e. The number of rotatable bonds is 9. The van der Waals surface area contributed by atoms with Crippen molar-refractivity contribution in [3.63, 3.8) is 0 Å². The molecular weight excluding hydrogens is 541 g/mol. The molecule has 2 amide bonds. The molecular formula is C28H32N2O5S3. The molecule has 0 bridgehead atoms. The molecule has 1 aromatic heterocycles. The maximum atomic E-state index is 13.4. The predicted molar refractivity (Wildman–Crippen MR) is 153 cm³/mol. The first-order valence-corrected chi connectivity index (χ1v) is 16.0. The summed E-state index contributed by atoms with van der Waals surface area (Å²) in [4.78, 5) is 30.1. The molecule has 3 fully saturated rings. The van der Waals surface area contributed by atoms with Crippen LogP contribution in [0.4, 0.5) is 0 Å². The number of nitrogens with zero attached hydrogens (tertiary/aromatic N) is 2. The van der Waals surface area contributed by atoms with Crippen molar-refractivity contribution in [1.82, 2.24) is 9.80 Å². The maximum Gasteiger partial charge on any atom is 0.266 e. The average molecular weight is 573 g/mol. The van der Waals surface area contributed by atoms with E-state index in [0.717, 1.165) is 23.3 Å². The molecule has 1 saturated carbocycles. The van der Waals surface area contributed by atoms with Crippen LogP contribution >= 0.6 is 24.0 Å². The second kappa shape index (κ2) is 11.0. The minimum absolute atomic E-state index is 0.0233. The summed E-state index contributed by atoms with van der Waals surface area (Å²) in [5, 5.41) is 0. The summed E-state index contributed by atoms with van der Waals surface area (Å²) in [6.45, 7) is 4.78. The van der Waals surface area contributed by atoms with E-state index in [1.54, 1.807) is 9.80 Å². The van der Waals surface area contributed by atoms with Gasteiger partial charge in [0.25, 0.3) is 5.91 Å². The van der Waals surface area contributed by atoms with Gasteiger partial charge < -0.3 is 9.32 Å². The summed E-state index contributed by atoms with van der Waals surface area (Å²) in [5.74, 6) is 2.44. The normalized spacial score (nSPS) is 25.4. The molecule has 0 N–H and O–H groups in total. The Kier molecular flexibility index (Phi) is 7.84. The van der Waals surface area contributed by atoms with Crippen LogP contribution in [0.1, 0.15) is 61.2 Å². The predicted octanol–water partition coefficient (Wildman–Crippen LogP) is 4.91. The SMILES string of the molecule is Cc1ccc(/C=C2\SC(=S)N(CCCC(=O)N(Cc3ccc(C4CC4C)o3)C3CCS(=O)(=O)C3)C2=O)cc1. The van der Waals surface area contributed by atoms with Crippen LogP contribution in [0.2, 0.25) is 0 Å². The molecule has 3 atom stereocenters. The van der Waals surface area contributed by atoms with Gasteiger partial charge in [-0.25, -0.2) is 8.42 Å². The van der Waals surface area contributed by atoms with Gasteiger partial charge in [-0.05, 0) is 55.9 Å². The van der Waals surface area contributed by atoms with Gasteiger partial charge >= 0.3 is 0 Å². The van der Waals surface area contributed by atoms with Crippen LogP contribution in [0.3, 0.4) is 0 Å². The lowest BCUT2D eigenvalue weighted by Gasteiger charge is -2.28. The molecule has 2 saturated heterocycles. The van der Waals surface area contributed by atoms with Crippen molar-refractivity contribution in [2.75, 3.05) is 18.1 Å². The zero-order valence-electron chi connectivity index (χ0n) is 21.6. The Morgan fingerprint density at radius 3 is 2.63 bits per heavy atom. The summed E-state index contributed by atoms with van der Waals surface area (Å²) in [6.07, 6.45) is 4.00. The Balaban J connectivity index is 1.21. The fraction of sp³-hybridized carbons (Fsp3) is 0.464.